The average molecular weight is 299 g/mol. The second-order valence-electron chi connectivity index (χ2n) is 6.46. The molecular weight excluding hydrogens is 270 g/mol. The third-order valence-electron chi connectivity index (χ3n) is 5.22. The zero-order valence-corrected chi connectivity index (χ0v) is 13.3. The minimum Gasteiger partial charge on any atom is -0.481 e. The molecule has 0 unspecified atom stereocenters. The van der Waals surface area contributed by atoms with Crippen molar-refractivity contribution in [1.29, 1.82) is 0 Å². The lowest BCUT2D eigenvalue weighted by molar-refractivity contribution is -0.152. The topological polar surface area (TPSA) is 86.6 Å². The molecular formula is C16H29NO4. The highest BCUT2D eigenvalue weighted by Crippen LogP contribution is 2.35. The van der Waals surface area contributed by atoms with E-state index in [0.717, 1.165) is 25.7 Å². The van der Waals surface area contributed by atoms with Crippen LogP contribution in [-0.2, 0) is 9.59 Å². The van der Waals surface area contributed by atoms with Crippen LogP contribution in [0.1, 0.15) is 65.2 Å². The maximum absolute atomic E-state index is 12.1. The molecule has 0 heterocycles. The van der Waals surface area contributed by atoms with E-state index in [1.807, 2.05) is 0 Å². The minimum absolute atomic E-state index is 0.0108. The lowest BCUT2D eigenvalue weighted by atomic mass is 9.74. The van der Waals surface area contributed by atoms with Gasteiger partial charge in [-0.05, 0) is 25.7 Å². The Kier molecular flexibility index (Phi) is 6.65. The number of aliphatic hydroxyl groups excluding tert-OH is 1. The largest absolute Gasteiger partial charge is 0.481 e. The van der Waals surface area contributed by atoms with Crippen LogP contribution in [0, 0.1) is 10.8 Å². The molecule has 0 radical (unpaired) electrons. The van der Waals surface area contributed by atoms with Crippen LogP contribution in [0.2, 0.25) is 0 Å². The molecule has 1 amide bonds. The van der Waals surface area contributed by atoms with Crippen molar-refractivity contribution < 1.29 is 19.8 Å². The summed E-state index contributed by atoms with van der Waals surface area (Å²) in [7, 11) is 0. The van der Waals surface area contributed by atoms with E-state index in [2.05, 4.69) is 5.32 Å². The van der Waals surface area contributed by atoms with Gasteiger partial charge in [0.05, 0.1) is 12.0 Å². The summed E-state index contributed by atoms with van der Waals surface area (Å²) < 4.78 is 0. The Morgan fingerprint density at radius 1 is 1.14 bits per heavy atom. The molecule has 0 aromatic carbocycles. The van der Waals surface area contributed by atoms with Gasteiger partial charge in [0.25, 0.3) is 0 Å². The quantitative estimate of drug-likeness (QED) is 0.642. The zero-order chi connectivity index (χ0) is 15.9. The van der Waals surface area contributed by atoms with Gasteiger partial charge in [0.2, 0.25) is 5.91 Å². The molecule has 1 aliphatic rings. The van der Waals surface area contributed by atoms with Gasteiger partial charge in [-0.15, -0.1) is 0 Å². The Morgan fingerprint density at radius 2 is 1.71 bits per heavy atom. The van der Waals surface area contributed by atoms with Crippen molar-refractivity contribution in [3.63, 3.8) is 0 Å². The number of hydrogen-bond donors (Lipinski definition) is 3. The van der Waals surface area contributed by atoms with Crippen molar-refractivity contribution in [1.82, 2.24) is 5.32 Å². The molecule has 0 bridgehead atoms. The van der Waals surface area contributed by atoms with E-state index in [1.165, 1.54) is 6.42 Å². The number of aliphatic carboxylic acids is 1. The number of nitrogens with one attached hydrogen (secondary N) is 1. The summed E-state index contributed by atoms with van der Waals surface area (Å²) in [6.07, 6.45) is 6.10. The highest BCUT2D eigenvalue weighted by Gasteiger charge is 2.38. The number of rotatable bonds is 8. The summed E-state index contributed by atoms with van der Waals surface area (Å²) in [6, 6.07) is 0. The molecule has 1 saturated carbocycles. The number of carbonyl (C=O) groups is 2. The summed E-state index contributed by atoms with van der Waals surface area (Å²) in [6.45, 7) is 4.15. The highest BCUT2D eigenvalue weighted by atomic mass is 16.4. The van der Waals surface area contributed by atoms with Gasteiger partial charge in [0, 0.05) is 18.4 Å². The predicted molar refractivity (Wildman–Crippen MR) is 80.9 cm³/mol. The number of carbonyl (C=O) groups excluding carboxylic acids is 1. The zero-order valence-electron chi connectivity index (χ0n) is 13.3. The monoisotopic (exact) mass is 299 g/mol. The van der Waals surface area contributed by atoms with E-state index in [-0.39, 0.29) is 24.3 Å². The first kappa shape index (κ1) is 18.0. The smallest absolute Gasteiger partial charge is 0.310 e. The molecule has 0 saturated heterocycles. The number of amides is 1. The molecule has 0 aromatic rings. The van der Waals surface area contributed by atoms with E-state index in [4.69, 9.17) is 0 Å². The van der Waals surface area contributed by atoms with E-state index < -0.39 is 11.4 Å². The van der Waals surface area contributed by atoms with Gasteiger partial charge in [-0.1, -0.05) is 33.1 Å². The SMILES string of the molecule is CCC(CC)(CC(=O)NCC1(CO)CCCCC1)C(=O)O. The van der Waals surface area contributed by atoms with Crippen LogP contribution in [-0.4, -0.2) is 35.2 Å². The number of aliphatic hydroxyl groups is 1. The summed E-state index contributed by atoms with van der Waals surface area (Å²) >= 11 is 0. The Labute approximate surface area is 127 Å². The average Bonchev–Trinajstić information content (AvgIpc) is 2.51. The Bertz CT molecular complexity index is 357. The molecule has 0 aromatic heterocycles. The molecule has 122 valence electrons. The van der Waals surface area contributed by atoms with Crippen molar-refractivity contribution in [2.24, 2.45) is 10.8 Å². The predicted octanol–water partition coefficient (Wildman–Crippen LogP) is 2.33. The lowest BCUT2D eigenvalue weighted by Crippen LogP contribution is -2.43. The Hall–Kier alpha value is -1.10. The van der Waals surface area contributed by atoms with Crippen molar-refractivity contribution in [2.45, 2.75) is 65.2 Å². The maximum atomic E-state index is 12.1. The Morgan fingerprint density at radius 3 is 2.14 bits per heavy atom. The third kappa shape index (κ3) is 4.43. The fourth-order valence-corrected chi connectivity index (χ4v) is 3.23. The van der Waals surface area contributed by atoms with Crippen molar-refractivity contribution in [3.05, 3.63) is 0 Å². The van der Waals surface area contributed by atoms with Crippen molar-refractivity contribution in [3.8, 4) is 0 Å². The second-order valence-corrected chi connectivity index (χ2v) is 6.46. The molecule has 3 N–H and O–H groups in total. The van der Waals surface area contributed by atoms with E-state index in [1.54, 1.807) is 13.8 Å². The molecule has 5 heteroatoms. The third-order valence-corrected chi connectivity index (χ3v) is 5.22. The first-order valence-corrected chi connectivity index (χ1v) is 8.04. The van der Waals surface area contributed by atoms with E-state index >= 15 is 0 Å². The second kappa shape index (κ2) is 7.78. The summed E-state index contributed by atoms with van der Waals surface area (Å²) in [4.78, 5) is 23.5. The summed E-state index contributed by atoms with van der Waals surface area (Å²) in [5.41, 5.74) is -1.18. The molecule has 5 nitrogen and oxygen atoms in total. The van der Waals surface area contributed by atoms with E-state index in [9.17, 15) is 19.8 Å². The molecule has 21 heavy (non-hydrogen) atoms. The fourth-order valence-electron chi connectivity index (χ4n) is 3.23. The van der Waals surface area contributed by atoms with Gasteiger partial charge in [-0.3, -0.25) is 9.59 Å². The van der Waals surface area contributed by atoms with Crippen LogP contribution in [0.15, 0.2) is 0 Å². The highest BCUT2D eigenvalue weighted by molar-refractivity contribution is 5.84. The summed E-state index contributed by atoms with van der Waals surface area (Å²) in [5, 5.41) is 21.8. The van der Waals surface area contributed by atoms with Crippen LogP contribution >= 0.6 is 0 Å². The fraction of sp³-hybridized carbons (Fsp3) is 0.875. The van der Waals surface area contributed by atoms with Gasteiger partial charge < -0.3 is 15.5 Å². The maximum Gasteiger partial charge on any atom is 0.310 e. The number of carboxylic acids is 1. The Balaban J connectivity index is 2.58. The minimum atomic E-state index is -0.969. The van der Waals surface area contributed by atoms with Crippen LogP contribution < -0.4 is 5.32 Å². The first-order chi connectivity index (χ1) is 9.93. The van der Waals surface area contributed by atoms with Crippen molar-refractivity contribution in [2.75, 3.05) is 13.2 Å². The van der Waals surface area contributed by atoms with Gasteiger partial charge in [0.15, 0.2) is 0 Å². The van der Waals surface area contributed by atoms with Gasteiger partial charge in [-0.25, -0.2) is 0 Å². The van der Waals surface area contributed by atoms with Crippen LogP contribution in [0.5, 0.6) is 0 Å². The standard InChI is InChI=1S/C16H29NO4/c1-3-16(4-2,14(20)21)10-13(19)17-11-15(12-18)8-6-5-7-9-15/h18H,3-12H2,1-2H3,(H,17,19)(H,20,21). The molecule has 0 aliphatic heterocycles. The first-order valence-electron chi connectivity index (χ1n) is 8.04. The van der Waals surface area contributed by atoms with Gasteiger partial charge >= 0.3 is 5.97 Å². The van der Waals surface area contributed by atoms with Crippen molar-refractivity contribution >= 4 is 11.9 Å². The number of hydrogen-bond acceptors (Lipinski definition) is 3. The molecule has 0 spiro atoms. The van der Waals surface area contributed by atoms with Crippen LogP contribution in [0.25, 0.3) is 0 Å². The molecule has 0 atom stereocenters. The molecule has 1 rings (SSSR count). The van der Waals surface area contributed by atoms with Crippen LogP contribution in [0.3, 0.4) is 0 Å². The number of carboxylic acid groups (broad SMARTS) is 1. The van der Waals surface area contributed by atoms with Gasteiger partial charge in [0.1, 0.15) is 0 Å². The molecule has 1 fully saturated rings. The van der Waals surface area contributed by atoms with Gasteiger partial charge in [-0.2, -0.15) is 0 Å². The molecule has 1 aliphatic carbocycles. The van der Waals surface area contributed by atoms with E-state index in [0.29, 0.717) is 19.4 Å². The lowest BCUT2D eigenvalue weighted by Gasteiger charge is -2.36. The van der Waals surface area contributed by atoms with Crippen LogP contribution in [0.4, 0.5) is 0 Å². The summed E-state index contributed by atoms with van der Waals surface area (Å²) in [5.74, 6) is -1.13. The normalized spacial score (nSPS) is 18.2.